The van der Waals surface area contributed by atoms with E-state index in [1.54, 1.807) is 88.7 Å². The van der Waals surface area contributed by atoms with Gasteiger partial charge in [0.05, 0.1) is 25.2 Å². The lowest BCUT2D eigenvalue weighted by Crippen LogP contribution is -2.20. The van der Waals surface area contributed by atoms with Crippen LogP contribution in [0.4, 0.5) is 17.0 Å². The fraction of sp³-hybridized carbons (Fsp3) is 0.179. The number of pyridine rings is 2. The Morgan fingerprint density at radius 3 is 2.02 bits per heavy atom. The Bertz CT molecular complexity index is 1580. The summed E-state index contributed by atoms with van der Waals surface area (Å²) in [5.41, 5.74) is 7.14. The Morgan fingerprint density at radius 2 is 1.47 bits per heavy atom. The third-order valence-electron chi connectivity index (χ3n) is 4.69. The van der Waals surface area contributed by atoms with Gasteiger partial charge in [-0.1, -0.05) is 15.9 Å². The number of carbonyl (C=O) groups is 1. The van der Waals surface area contributed by atoms with Gasteiger partial charge in [-0.3, -0.25) is 14.8 Å². The number of rotatable bonds is 8. The maximum Gasteiger partial charge on any atom is 0.228 e. The zero-order valence-corrected chi connectivity index (χ0v) is 27.7. The average Bonchev–Trinajstić information content (AvgIpc) is 3.54. The summed E-state index contributed by atoms with van der Waals surface area (Å²) in [7, 11) is 3.18. The molecule has 5 heterocycles. The molecule has 0 saturated heterocycles. The van der Waals surface area contributed by atoms with Crippen molar-refractivity contribution >= 4 is 67.4 Å². The number of aromatic nitrogens is 7. The van der Waals surface area contributed by atoms with E-state index in [2.05, 4.69) is 73.7 Å². The highest BCUT2D eigenvalue weighted by molar-refractivity contribution is 9.09. The van der Waals surface area contributed by atoms with Crippen molar-refractivity contribution in [3.63, 3.8) is 0 Å². The van der Waals surface area contributed by atoms with Gasteiger partial charge in [0.25, 0.3) is 0 Å². The summed E-state index contributed by atoms with van der Waals surface area (Å²) in [5.74, 6) is 2.30. The van der Waals surface area contributed by atoms with Gasteiger partial charge >= 0.3 is 0 Å². The smallest absolute Gasteiger partial charge is 0.228 e. The van der Waals surface area contributed by atoms with Crippen LogP contribution in [-0.4, -0.2) is 77.0 Å². The molecule has 5 rings (SSSR count). The molecule has 0 saturated carbocycles. The molecule has 236 valence electrons. The van der Waals surface area contributed by atoms with Crippen LogP contribution in [0.5, 0.6) is 11.5 Å². The molecule has 14 nitrogen and oxygen atoms in total. The number of ether oxygens (including phenoxy) is 2. The molecular weight excluding hydrogens is 684 g/mol. The van der Waals surface area contributed by atoms with Crippen molar-refractivity contribution < 1.29 is 19.4 Å². The summed E-state index contributed by atoms with van der Waals surface area (Å²) >= 11 is 9.10. The van der Waals surface area contributed by atoms with Crippen LogP contribution in [-0.2, 0) is 0 Å². The molecule has 5 aromatic rings. The Labute approximate surface area is 277 Å². The van der Waals surface area contributed by atoms with Crippen LogP contribution < -0.4 is 25.8 Å². The quantitative estimate of drug-likeness (QED) is 0.0992. The minimum Gasteiger partial charge on any atom is -0.497 e. The maximum atomic E-state index is 11.1. The molecule has 45 heavy (non-hydrogen) atoms. The molecule has 0 atom stereocenters. The Balaban J connectivity index is 0.000000242. The number of halogens is 1. The van der Waals surface area contributed by atoms with E-state index >= 15 is 0 Å². The van der Waals surface area contributed by atoms with Crippen LogP contribution >= 0.6 is 39.5 Å². The topological polar surface area (TPSA) is 196 Å². The molecular formula is C28H31BrN10O4S2. The van der Waals surface area contributed by atoms with E-state index in [-0.39, 0.29) is 22.8 Å². The number of nitrogens with one attached hydrogen (secondary N) is 2. The zero-order chi connectivity index (χ0) is 32.9. The van der Waals surface area contributed by atoms with Crippen molar-refractivity contribution in [3.8, 4) is 22.9 Å². The second-order valence-electron chi connectivity index (χ2n) is 7.83. The lowest BCUT2D eigenvalue weighted by Gasteiger charge is -2.01. The Morgan fingerprint density at radius 1 is 0.911 bits per heavy atom. The molecule has 5 N–H and O–H groups in total. The monoisotopic (exact) mass is 714 g/mol. The molecule has 0 spiro atoms. The number of Topliss-reactive ketones (excluding diaryl/α,β-unsaturated/α-hetero) is 1. The first-order chi connectivity index (χ1) is 21.8. The average molecular weight is 716 g/mol. The number of nitrogens with two attached hydrogens (primary N) is 1. The molecule has 0 amide bonds. The fourth-order valence-corrected chi connectivity index (χ4v) is 3.90. The molecule has 17 heteroatoms. The first-order valence-corrected chi connectivity index (χ1v) is 15.3. The van der Waals surface area contributed by atoms with Crippen LogP contribution in [0, 0.1) is 0 Å². The number of nitrogens with zero attached hydrogens (tertiary/aromatic N) is 7. The molecule has 0 aliphatic carbocycles. The van der Waals surface area contributed by atoms with Crippen molar-refractivity contribution in [1.29, 1.82) is 0 Å². The molecule has 0 fully saturated rings. The number of carbonyl (C=O) groups excluding carboxylic acids is 1. The molecule has 0 aromatic carbocycles. The Kier molecular flexibility index (Phi) is 17.1. The number of ketones is 1. The van der Waals surface area contributed by atoms with Crippen molar-refractivity contribution in [3.05, 3.63) is 84.7 Å². The van der Waals surface area contributed by atoms with E-state index in [4.69, 9.17) is 20.3 Å². The summed E-state index contributed by atoms with van der Waals surface area (Å²) in [4.78, 5) is 39.6. The molecule has 0 aliphatic rings. The van der Waals surface area contributed by atoms with Crippen molar-refractivity contribution in [1.82, 2.24) is 34.9 Å². The third-order valence-corrected chi connectivity index (χ3v) is 6.06. The number of aliphatic hydroxyl groups is 1. The zero-order valence-electron chi connectivity index (χ0n) is 24.5. The number of aliphatic hydroxyl groups excluding tert-OH is 1. The van der Waals surface area contributed by atoms with Crippen molar-refractivity contribution in [2.75, 3.05) is 36.8 Å². The number of thiazole rings is 1. The van der Waals surface area contributed by atoms with E-state index in [1.165, 1.54) is 11.3 Å². The Hall–Kier alpha value is -4.71. The predicted molar refractivity (Wildman–Crippen MR) is 181 cm³/mol. The number of hydrogen-bond donors (Lipinski definition) is 4. The normalized spacial score (nSPS) is 9.44. The van der Waals surface area contributed by atoms with Crippen molar-refractivity contribution in [2.45, 2.75) is 6.92 Å². The minimum absolute atomic E-state index is 0.0473. The van der Waals surface area contributed by atoms with E-state index < -0.39 is 0 Å². The van der Waals surface area contributed by atoms with Gasteiger partial charge in [0.15, 0.2) is 16.0 Å². The fourth-order valence-electron chi connectivity index (χ4n) is 2.82. The number of thiocarbonyl (C=S) groups is 1. The van der Waals surface area contributed by atoms with E-state index in [0.29, 0.717) is 23.3 Å². The second-order valence-corrected chi connectivity index (χ2v) is 9.69. The highest BCUT2D eigenvalue weighted by Crippen LogP contribution is 2.26. The third kappa shape index (κ3) is 14.1. The van der Waals surface area contributed by atoms with E-state index in [1.807, 2.05) is 11.4 Å². The van der Waals surface area contributed by atoms with Crippen LogP contribution in [0.2, 0.25) is 0 Å². The number of methoxy groups -OCH3 is 2. The first-order valence-electron chi connectivity index (χ1n) is 12.9. The largest absolute Gasteiger partial charge is 0.497 e. The summed E-state index contributed by atoms with van der Waals surface area (Å²) in [6, 6.07) is 10.4. The lowest BCUT2D eigenvalue weighted by molar-refractivity contribution is 0.101. The van der Waals surface area contributed by atoms with E-state index in [9.17, 15) is 4.79 Å². The van der Waals surface area contributed by atoms with Gasteiger partial charge in [-0.15, -0.1) is 11.3 Å². The summed E-state index contributed by atoms with van der Waals surface area (Å²) in [5, 5.41) is 16.3. The van der Waals surface area contributed by atoms with Crippen LogP contribution in [0.3, 0.4) is 0 Å². The van der Waals surface area contributed by atoms with Gasteiger partial charge in [-0.25, -0.2) is 24.9 Å². The van der Waals surface area contributed by atoms with Gasteiger partial charge in [0.1, 0.15) is 22.9 Å². The van der Waals surface area contributed by atoms with Gasteiger partial charge in [0.2, 0.25) is 11.9 Å². The van der Waals surface area contributed by atoms with Gasteiger partial charge in [-0.05, 0) is 43.4 Å². The number of anilines is 3. The van der Waals surface area contributed by atoms with Gasteiger partial charge < -0.3 is 30.9 Å². The molecule has 0 unspecified atom stereocenters. The van der Waals surface area contributed by atoms with E-state index in [0.717, 1.165) is 22.3 Å². The number of alkyl halides is 1. The minimum atomic E-state index is -0.0473. The van der Waals surface area contributed by atoms with Crippen LogP contribution in [0.25, 0.3) is 11.4 Å². The molecule has 5 aromatic heterocycles. The number of hydrogen-bond acceptors (Lipinski definition) is 14. The van der Waals surface area contributed by atoms with Gasteiger partial charge in [0, 0.05) is 61.3 Å². The van der Waals surface area contributed by atoms with Crippen LogP contribution in [0.1, 0.15) is 17.4 Å². The second kappa shape index (κ2) is 21.1. The van der Waals surface area contributed by atoms with Crippen molar-refractivity contribution in [2.24, 2.45) is 5.73 Å². The SMILES string of the molecule is CCO.COc1ccnc(-c2csc(Nc3ncccn3)n2)c1.COc1ccnc(C(=O)CBr)c1.NC(=S)Nc1ncccn1. The summed E-state index contributed by atoms with van der Waals surface area (Å²) in [6.07, 6.45) is 9.80. The maximum absolute atomic E-state index is 11.1. The van der Waals surface area contributed by atoms with Gasteiger partial charge in [-0.2, -0.15) is 0 Å². The standard InChI is InChI=1S/C13H11N5OS.C8H8BrNO2.C5H6N4S.C2H6O/c1-19-9-3-6-14-10(7-9)11-8-20-13(17-11)18-12-15-4-2-5-16-12;1-12-6-2-3-10-7(4-6)8(11)5-9;6-4(10)9-5-7-2-1-3-8-5;1-2-3/h2-8H,1H3,(H,15,16,17,18);2-4H,5H2,1H3;1-3H,(H3,6,7,8,9,10);3H,2H2,1H3. The summed E-state index contributed by atoms with van der Waals surface area (Å²) < 4.78 is 10.1. The highest BCUT2D eigenvalue weighted by atomic mass is 79.9. The molecule has 0 bridgehead atoms. The first kappa shape index (κ1) is 36.5. The molecule has 0 aliphatic heterocycles. The predicted octanol–water partition coefficient (Wildman–Crippen LogP) is 4.55. The lowest BCUT2D eigenvalue weighted by atomic mass is 10.3. The highest BCUT2D eigenvalue weighted by Gasteiger charge is 2.08. The van der Waals surface area contributed by atoms with Crippen LogP contribution in [0.15, 0.2) is 79.0 Å². The molecule has 0 radical (unpaired) electrons. The summed E-state index contributed by atoms with van der Waals surface area (Å²) in [6.45, 7) is 1.93.